The molecule has 0 spiro atoms. The SMILES string of the molecule is O=C(c1ccccc1SCc1nnnn1-c1ccccc1)N1CCN(CCc2cccs2)CC1. The average Bonchev–Trinajstić information content (AvgIpc) is 3.59. The number of tetrazole rings is 1. The van der Waals surface area contributed by atoms with Gasteiger partial charge in [-0.25, -0.2) is 0 Å². The van der Waals surface area contributed by atoms with Gasteiger partial charge in [-0.3, -0.25) is 9.69 Å². The fourth-order valence-electron chi connectivity index (χ4n) is 4.05. The summed E-state index contributed by atoms with van der Waals surface area (Å²) in [5.74, 6) is 1.42. The summed E-state index contributed by atoms with van der Waals surface area (Å²) in [6.07, 6.45) is 1.08. The summed E-state index contributed by atoms with van der Waals surface area (Å²) in [6.45, 7) is 4.39. The Morgan fingerprint density at radius 1 is 0.941 bits per heavy atom. The minimum atomic E-state index is 0.101. The molecule has 1 amide bonds. The van der Waals surface area contributed by atoms with Crippen LogP contribution in [0.5, 0.6) is 0 Å². The molecule has 1 saturated heterocycles. The van der Waals surface area contributed by atoms with E-state index in [9.17, 15) is 4.79 Å². The normalized spacial score (nSPS) is 14.4. The molecule has 2 aromatic carbocycles. The van der Waals surface area contributed by atoms with Gasteiger partial charge < -0.3 is 4.90 Å². The smallest absolute Gasteiger partial charge is 0.255 e. The minimum Gasteiger partial charge on any atom is -0.336 e. The van der Waals surface area contributed by atoms with Gasteiger partial charge in [0, 0.05) is 42.5 Å². The Kier molecular flexibility index (Phi) is 7.33. The molecule has 7 nitrogen and oxygen atoms in total. The molecule has 0 bridgehead atoms. The predicted octanol–water partition coefficient (Wildman–Crippen LogP) is 4.02. The van der Waals surface area contributed by atoms with Gasteiger partial charge in [0.1, 0.15) is 0 Å². The second-order valence-electron chi connectivity index (χ2n) is 8.09. The van der Waals surface area contributed by atoms with Crippen LogP contribution < -0.4 is 0 Å². The van der Waals surface area contributed by atoms with Gasteiger partial charge in [0.2, 0.25) is 0 Å². The van der Waals surface area contributed by atoms with E-state index in [1.54, 1.807) is 16.4 Å². The third kappa shape index (κ3) is 5.38. The van der Waals surface area contributed by atoms with Crippen LogP contribution in [0.25, 0.3) is 5.69 Å². The Labute approximate surface area is 207 Å². The van der Waals surface area contributed by atoms with Crippen molar-refractivity contribution in [1.82, 2.24) is 30.0 Å². The van der Waals surface area contributed by atoms with Crippen LogP contribution in [0.15, 0.2) is 77.0 Å². The van der Waals surface area contributed by atoms with E-state index in [2.05, 4.69) is 37.9 Å². The lowest BCUT2D eigenvalue weighted by molar-refractivity contribution is 0.0635. The molecule has 5 rings (SSSR count). The van der Waals surface area contributed by atoms with Crippen molar-refractivity contribution in [1.29, 1.82) is 0 Å². The highest BCUT2D eigenvalue weighted by Crippen LogP contribution is 2.27. The molecule has 34 heavy (non-hydrogen) atoms. The van der Waals surface area contributed by atoms with Crippen molar-refractivity contribution in [3.05, 3.63) is 88.4 Å². The largest absolute Gasteiger partial charge is 0.336 e. The van der Waals surface area contributed by atoms with Crippen LogP contribution in [0, 0.1) is 0 Å². The molecule has 0 radical (unpaired) electrons. The number of aromatic nitrogens is 4. The summed E-state index contributed by atoms with van der Waals surface area (Å²) in [7, 11) is 0. The number of thioether (sulfide) groups is 1. The summed E-state index contributed by atoms with van der Waals surface area (Å²) in [5, 5.41) is 14.3. The van der Waals surface area contributed by atoms with Crippen LogP contribution in [0.2, 0.25) is 0 Å². The zero-order valence-electron chi connectivity index (χ0n) is 18.8. The highest BCUT2D eigenvalue weighted by atomic mass is 32.2. The van der Waals surface area contributed by atoms with E-state index in [-0.39, 0.29) is 5.91 Å². The summed E-state index contributed by atoms with van der Waals surface area (Å²) in [6, 6.07) is 22.0. The third-order valence-electron chi connectivity index (χ3n) is 5.92. The van der Waals surface area contributed by atoms with E-state index < -0.39 is 0 Å². The molecule has 3 heterocycles. The lowest BCUT2D eigenvalue weighted by Gasteiger charge is -2.35. The number of thiophene rings is 1. The topological polar surface area (TPSA) is 67.2 Å². The fourth-order valence-corrected chi connectivity index (χ4v) is 5.69. The molecule has 174 valence electrons. The molecule has 9 heteroatoms. The lowest BCUT2D eigenvalue weighted by Crippen LogP contribution is -2.49. The van der Waals surface area contributed by atoms with Gasteiger partial charge in [-0.15, -0.1) is 28.2 Å². The van der Waals surface area contributed by atoms with Crippen LogP contribution >= 0.6 is 23.1 Å². The molecular weight excluding hydrogens is 464 g/mol. The summed E-state index contributed by atoms with van der Waals surface area (Å²) >= 11 is 3.40. The molecule has 4 aromatic rings. The molecular formula is C25H26N6OS2. The first kappa shape index (κ1) is 22.8. The van der Waals surface area contributed by atoms with E-state index in [1.165, 1.54) is 4.88 Å². The maximum absolute atomic E-state index is 13.4. The van der Waals surface area contributed by atoms with E-state index in [1.807, 2.05) is 70.8 Å². The van der Waals surface area contributed by atoms with Crippen molar-refractivity contribution in [3.63, 3.8) is 0 Å². The Balaban J connectivity index is 1.20. The fraction of sp³-hybridized carbons (Fsp3) is 0.280. The molecule has 0 unspecified atom stereocenters. The number of hydrogen-bond donors (Lipinski definition) is 0. The number of benzene rings is 2. The van der Waals surface area contributed by atoms with Gasteiger partial charge in [0.15, 0.2) is 5.82 Å². The van der Waals surface area contributed by atoms with Crippen molar-refractivity contribution in [2.45, 2.75) is 17.1 Å². The van der Waals surface area contributed by atoms with Gasteiger partial charge in [-0.05, 0) is 52.6 Å². The second kappa shape index (κ2) is 10.9. The number of piperazine rings is 1. The van der Waals surface area contributed by atoms with Crippen molar-refractivity contribution in [3.8, 4) is 5.69 Å². The van der Waals surface area contributed by atoms with E-state index in [4.69, 9.17) is 0 Å². The van der Waals surface area contributed by atoms with E-state index >= 15 is 0 Å². The first-order valence-electron chi connectivity index (χ1n) is 11.4. The van der Waals surface area contributed by atoms with Gasteiger partial charge in [0.05, 0.1) is 17.0 Å². The molecule has 1 aliphatic heterocycles. The Morgan fingerprint density at radius 3 is 2.53 bits per heavy atom. The summed E-state index contributed by atoms with van der Waals surface area (Å²) in [4.78, 5) is 20.2. The van der Waals surface area contributed by atoms with Crippen LogP contribution in [-0.2, 0) is 12.2 Å². The van der Waals surface area contributed by atoms with E-state index in [0.717, 1.165) is 61.1 Å². The quantitative estimate of drug-likeness (QED) is 0.348. The van der Waals surface area contributed by atoms with Gasteiger partial charge in [0.25, 0.3) is 5.91 Å². The van der Waals surface area contributed by atoms with Crippen LogP contribution in [0.4, 0.5) is 0 Å². The maximum Gasteiger partial charge on any atom is 0.255 e. The molecule has 0 atom stereocenters. The Bertz CT molecular complexity index is 1200. The number of carbonyl (C=O) groups is 1. The first-order chi connectivity index (χ1) is 16.8. The summed E-state index contributed by atoms with van der Waals surface area (Å²) in [5.41, 5.74) is 1.67. The Morgan fingerprint density at radius 2 is 1.74 bits per heavy atom. The highest BCUT2D eigenvalue weighted by Gasteiger charge is 2.24. The standard InChI is InChI=1S/C25H26N6OS2/c32-25(30-16-14-29(15-17-30)13-12-21-9-6-18-33-21)22-10-4-5-11-23(22)34-19-24-26-27-28-31(24)20-7-2-1-3-8-20/h1-11,18H,12-17,19H2. The molecule has 1 fully saturated rings. The summed E-state index contributed by atoms with van der Waals surface area (Å²) < 4.78 is 1.74. The number of amides is 1. The number of carbonyl (C=O) groups excluding carboxylic acids is 1. The van der Waals surface area contributed by atoms with Crippen LogP contribution in [-0.4, -0.2) is 68.6 Å². The monoisotopic (exact) mass is 490 g/mol. The zero-order valence-corrected chi connectivity index (χ0v) is 20.4. The van der Waals surface area contributed by atoms with Crippen LogP contribution in [0.1, 0.15) is 21.1 Å². The van der Waals surface area contributed by atoms with Gasteiger partial charge >= 0.3 is 0 Å². The van der Waals surface area contributed by atoms with Crippen molar-refractivity contribution in [2.75, 3.05) is 32.7 Å². The van der Waals surface area contributed by atoms with Gasteiger partial charge in [-0.1, -0.05) is 36.4 Å². The minimum absolute atomic E-state index is 0.101. The first-order valence-corrected chi connectivity index (χ1v) is 13.2. The number of hydrogen-bond acceptors (Lipinski definition) is 7. The third-order valence-corrected chi connectivity index (χ3v) is 7.93. The van der Waals surface area contributed by atoms with Gasteiger partial charge in [-0.2, -0.15) is 4.68 Å². The lowest BCUT2D eigenvalue weighted by atomic mass is 10.1. The highest BCUT2D eigenvalue weighted by molar-refractivity contribution is 7.98. The van der Waals surface area contributed by atoms with Crippen molar-refractivity contribution < 1.29 is 4.79 Å². The second-order valence-corrected chi connectivity index (χ2v) is 10.1. The van der Waals surface area contributed by atoms with E-state index in [0.29, 0.717) is 5.75 Å². The number of rotatable bonds is 8. The van der Waals surface area contributed by atoms with Crippen LogP contribution in [0.3, 0.4) is 0 Å². The average molecular weight is 491 g/mol. The van der Waals surface area contributed by atoms with Crippen molar-refractivity contribution >= 4 is 29.0 Å². The molecule has 2 aromatic heterocycles. The molecule has 0 saturated carbocycles. The Hall–Kier alpha value is -3.01. The predicted molar refractivity (Wildman–Crippen MR) is 136 cm³/mol. The van der Waals surface area contributed by atoms with Crippen molar-refractivity contribution in [2.24, 2.45) is 0 Å². The molecule has 1 aliphatic rings. The zero-order chi connectivity index (χ0) is 23.2. The molecule has 0 N–H and O–H groups in total. The number of para-hydroxylation sites is 1. The number of nitrogens with zero attached hydrogens (tertiary/aromatic N) is 6. The maximum atomic E-state index is 13.4. The molecule has 0 aliphatic carbocycles.